The molecule has 2 heterocycles. The molecule has 2 N–H and O–H groups in total. The summed E-state index contributed by atoms with van der Waals surface area (Å²) in [5.74, 6) is -0.881. The summed E-state index contributed by atoms with van der Waals surface area (Å²) in [5.41, 5.74) is 3.58. The molecule has 2 amide bonds. The van der Waals surface area contributed by atoms with E-state index in [9.17, 15) is 22.8 Å². The highest BCUT2D eigenvalue weighted by atomic mass is 19.4. The Kier molecular flexibility index (Phi) is 5.37. The number of alkyl halides is 3. The molecular weight excluding hydrogens is 425 g/mol. The van der Waals surface area contributed by atoms with Gasteiger partial charge in [0.25, 0.3) is 5.91 Å². The number of carbonyl (C=O) groups excluding carboxylic acids is 2. The molecule has 1 aliphatic heterocycles. The molecule has 2 aromatic carbocycles. The van der Waals surface area contributed by atoms with Gasteiger partial charge < -0.3 is 15.4 Å². The van der Waals surface area contributed by atoms with E-state index in [4.69, 9.17) is 0 Å². The molecule has 0 bridgehead atoms. The largest absolute Gasteiger partial charge is 0.573 e. The number of hydrogen-bond acceptors (Lipinski definition) is 4. The Balaban J connectivity index is 1.51. The van der Waals surface area contributed by atoms with Crippen LogP contribution in [0.25, 0.3) is 11.1 Å². The van der Waals surface area contributed by atoms with Crippen LogP contribution >= 0.6 is 0 Å². The maximum absolute atomic E-state index is 12.5. The molecular formula is C22H19F3N4O3. The van der Waals surface area contributed by atoms with E-state index in [2.05, 4.69) is 20.5 Å². The predicted molar refractivity (Wildman–Crippen MR) is 111 cm³/mol. The second-order valence-corrected chi connectivity index (χ2v) is 7.45. The Morgan fingerprint density at radius 2 is 1.91 bits per heavy atom. The highest BCUT2D eigenvalue weighted by Crippen LogP contribution is 2.38. The van der Waals surface area contributed by atoms with Gasteiger partial charge in [-0.2, -0.15) is 5.10 Å². The van der Waals surface area contributed by atoms with Gasteiger partial charge in [-0.15, -0.1) is 13.2 Å². The highest BCUT2D eigenvalue weighted by Gasteiger charge is 2.36. The molecule has 1 atom stereocenters. The van der Waals surface area contributed by atoms with E-state index in [1.165, 1.54) is 16.8 Å². The minimum absolute atomic E-state index is 0.118. The van der Waals surface area contributed by atoms with Crippen LogP contribution in [0.1, 0.15) is 23.7 Å². The minimum Gasteiger partial charge on any atom is -0.406 e. The molecule has 0 saturated carbocycles. The number of hydrogen-bond donors (Lipinski definition) is 2. The number of halogens is 3. The topological polar surface area (TPSA) is 85.2 Å². The molecule has 3 aromatic rings. The number of carbonyl (C=O) groups is 2. The van der Waals surface area contributed by atoms with E-state index in [1.807, 2.05) is 38.1 Å². The second-order valence-electron chi connectivity index (χ2n) is 7.45. The smallest absolute Gasteiger partial charge is 0.406 e. The van der Waals surface area contributed by atoms with Crippen LogP contribution in [-0.2, 0) is 9.59 Å². The Morgan fingerprint density at radius 1 is 1.19 bits per heavy atom. The van der Waals surface area contributed by atoms with Crippen molar-refractivity contribution in [1.29, 1.82) is 0 Å². The van der Waals surface area contributed by atoms with Gasteiger partial charge in [0.05, 0.1) is 12.1 Å². The third-order valence-corrected chi connectivity index (χ3v) is 5.00. The second kappa shape index (κ2) is 8.03. The van der Waals surface area contributed by atoms with Crippen molar-refractivity contribution in [3.63, 3.8) is 0 Å². The lowest BCUT2D eigenvalue weighted by atomic mass is 10.0. The number of nitrogens with zero attached hydrogens (tertiary/aromatic N) is 2. The van der Waals surface area contributed by atoms with Crippen LogP contribution in [0.4, 0.5) is 24.7 Å². The van der Waals surface area contributed by atoms with E-state index in [1.54, 1.807) is 0 Å². The minimum atomic E-state index is -4.84. The summed E-state index contributed by atoms with van der Waals surface area (Å²) in [4.78, 5) is 25.1. The molecule has 7 nitrogen and oxygen atoms in total. The van der Waals surface area contributed by atoms with Crippen LogP contribution in [0.3, 0.4) is 0 Å². The van der Waals surface area contributed by atoms with Crippen LogP contribution in [0.5, 0.6) is 5.75 Å². The summed E-state index contributed by atoms with van der Waals surface area (Å²) in [6.45, 7) is 3.79. The van der Waals surface area contributed by atoms with Crippen LogP contribution < -0.4 is 15.4 Å². The third kappa shape index (κ3) is 4.43. The van der Waals surface area contributed by atoms with Crippen LogP contribution in [0, 0.1) is 13.8 Å². The van der Waals surface area contributed by atoms with Crippen LogP contribution in [-0.4, -0.2) is 28.0 Å². The van der Waals surface area contributed by atoms with E-state index in [0.29, 0.717) is 11.5 Å². The molecule has 0 spiro atoms. The van der Waals surface area contributed by atoms with Gasteiger partial charge in [-0.3, -0.25) is 9.59 Å². The summed E-state index contributed by atoms with van der Waals surface area (Å²) in [7, 11) is 0. The summed E-state index contributed by atoms with van der Waals surface area (Å²) >= 11 is 0. The average molecular weight is 444 g/mol. The normalized spacial score (nSPS) is 15.3. The number of ether oxygens (including phenoxy) is 1. The van der Waals surface area contributed by atoms with Crippen molar-refractivity contribution >= 4 is 23.3 Å². The van der Waals surface area contributed by atoms with E-state index < -0.39 is 24.1 Å². The Morgan fingerprint density at radius 3 is 2.59 bits per heavy atom. The summed E-state index contributed by atoms with van der Waals surface area (Å²) in [6.07, 6.45) is -5.08. The lowest BCUT2D eigenvalue weighted by Crippen LogP contribution is -2.24. The molecule has 1 unspecified atom stereocenters. The standard InChI is InChI=1S/C22H19F3N4O3/c1-12-6-8-14(9-7-12)19-13(2)28-29-17(21(31)27-20(19)29)11-18(30)26-15-4-3-5-16(10-15)32-22(23,24)25/h3-10,17H,11H2,1-2H3,(H,26,30)(H,27,31). The zero-order valence-electron chi connectivity index (χ0n) is 17.2. The molecule has 1 aromatic heterocycles. The van der Waals surface area contributed by atoms with Gasteiger partial charge in [0, 0.05) is 17.3 Å². The number of aryl methyl sites for hydroxylation is 2. The first-order valence-electron chi connectivity index (χ1n) is 9.73. The molecule has 0 radical (unpaired) electrons. The molecule has 32 heavy (non-hydrogen) atoms. The fourth-order valence-electron chi connectivity index (χ4n) is 3.61. The number of aromatic nitrogens is 2. The van der Waals surface area contributed by atoms with E-state index >= 15 is 0 Å². The zero-order chi connectivity index (χ0) is 23.0. The van der Waals surface area contributed by atoms with Crippen molar-refractivity contribution in [3.05, 3.63) is 59.8 Å². The maximum atomic E-state index is 12.5. The fraction of sp³-hybridized carbons (Fsp3) is 0.227. The third-order valence-electron chi connectivity index (χ3n) is 5.00. The Hall–Kier alpha value is -3.82. The fourth-order valence-corrected chi connectivity index (χ4v) is 3.61. The average Bonchev–Trinajstić information content (AvgIpc) is 3.15. The quantitative estimate of drug-likeness (QED) is 0.603. The molecule has 166 valence electrons. The van der Waals surface area contributed by atoms with Gasteiger partial charge in [-0.05, 0) is 31.5 Å². The van der Waals surface area contributed by atoms with Crippen LogP contribution in [0.15, 0.2) is 48.5 Å². The molecule has 1 aliphatic rings. The summed E-state index contributed by atoms with van der Waals surface area (Å²) in [5, 5.41) is 9.73. The van der Waals surface area contributed by atoms with Gasteiger partial charge in [-0.25, -0.2) is 4.68 Å². The van der Waals surface area contributed by atoms with Gasteiger partial charge in [0.1, 0.15) is 17.6 Å². The zero-order valence-corrected chi connectivity index (χ0v) is 17.2. The molecule has 4 rings (SSSR count). The Labute approximate surface area is 181 Å². The number of benzene rings is 2. The highest BCUT2D eigenvalue weighted by molar-refractivity contribution is 6.04. The number of fused-ring (bicyclic) bond motifs is 1. The predicted octanol–water partition coefficient (Wildman–Crippen LogP) is 4.59. The van der Waals surface area contributed by atoms with Crippen molar-refractivity contribution in [1.82, 2.24) is 9.78 Å². The SMILES string of the molecule is Cc1ccc(-c2c(C)nn3c2NC(=O)C3CC(=O)Nc2cccc(OC(F)(F)F)c2)cc1. The Bertz CT molecular complexity index is 1190. The van der Waals surface area contributed by atoms with Gasteiger partial charge >= 0.3 is 6.36 Å². The van der Waals surface area contributed by atoms with Crippen LogP contribution in [0.2, 0.25) is 0 Å². The van der Waals surface area contributed by atoms with Gasteiger partial charge in [0.15, 0.2) is 0 Å². The van der Waals surface area contributed by atoms with Crippen molar-refractivity contribution in [3.8, 4) is 16.9 Å². The van der Waals surface area contributed by atoms with Crippen molar-refractivity contribution < 1.29 is 27.5 Å². The molecule has 0 fully saturated rings. The van der Waals surface area contributed by atoms with Crippen molar-refractivity contribution in [2.75, 3.05) is 10.6 Å². The summed E-state index contributed by atoms with van der Waals surface area (Å²) in [6, 6.07) is 11.8. The monoisotopic (exact) mass is 444 g/mol. The number of nitrogens with one attached hydrogen (secondary N) is 2. The first-order chi connectivity index (χ1) is 15.1. The lowest BCUT2D eigenvalue weighted by molar-refractivity contribution is -0.274. The summed E-state index contributed by atoms with van der Waals surface area (Å²) < 4.78 is 42.5. The number of amides is 2. The van der Waals surface area contributed by atoms with Gasteiger partial charge in [-0.1, -0.05) is 35.9 Å². The first-order valence-corrected chi connectivity index (χ1v) is 9.73. The maximum Gasteiger partial charge on any atom is 0.573 e. The number of anilines is 2. The molecule has 10 heteroatoms. The van der Waals surface area contributed by atoms with Gasteiger partial charge in [0.2, 0.25) is 5.91 Å². The number of rotatable bonds is 5. The van der Waals surface area contributed by atoms with E-state index in [0.717, 1.165) is 28.8 Å². The van der Waals surface area contributed by atoms with E-state index in [-0.39, 0.29) is 18.0 Å². The first kappa shape index (κ1) is 21.4. The lowest BCUT2D eigenvalue weighted by Gasteiger charge is -2.12. The van der Waals surface area contributed by atoms with Crippen molar-refractivity contribution in [2.45, 2.75) is 32.7 Å². The van der Waals surface area contributed by atoms with Crippen molar-refractivity contribution in [2.24, 2.45) is 0 Å². The molecule has 0 aliphatic carbocycles. The molecule has 0 saturated heterocycles.